The van der Waals surface area contributed by atoms with Crippen LogP contribution < -0.4 is 5.32 Å². The van der Waals surface area contributed by atoms with Crippen molar-refractivity contribution in [1.29, 1.82) is 5.26 Å². The molecular formula is C25H22N4O2. The number of rotatable bonds is 4. The molecule has 1 aliphatic heterocycles. The first-order chi connectivity index (χ1) is 15.2. The van der Waals surface area contributed by atoms with E-state index in [4.69, 9.17) is 0 Å². The van der Waals surface area contributed by atoms with Gasteiger partial charge in [0.05, 0.1) is 22.9 Å². The number of anilines is 1. The molecule has 154 valence electrons. The molecule has 0 unspecified atom stereocenters. The van der Waals surface area contributed by atoms with E-state index in [1.54, 1.807) is 35.4 Å². The SMILES string of the molecule is N#Cc1ccccc1C(=O)N1CCC(C(=O)Nc2ccc(-c3ccccn3)cc2)CC1. The molecule has 0 bridgehead atoms. The Morgan fingerprint density at radius 1 is 0.968 bits per heavy atom. The molecule has 1 aliphatic rings. The molecule has 0 saturated carbocycles. The molecular weight excluding hydrogens is 388 g/mol. The standard InChI is InChI=1S/C25H22N4O2/c26-17-20-5-1-2-6-22(20)25(31)29-15-12-19(13-16-29)24(30)28-21-10-8-18(9-11-21)23-7-3-4-14-27-23/h1-11,14,19H,12-13,15-16H2,(H,28,30). The minimum absolute atomic E-state index is 0.0323. The smallest absolute Gasteiger partial charge is 0.255 e. The number of likely N-dealkylation sites (tertiary alicyclic amines) is 1. The van der Waals surface area contributed by atoms with E-state index < -0.39 is 0 Å². The van der Waals surface area contributed by atoms with Gasteiger partial charge in [0.15, 0.2) is 0 Å². The van der Waals surface area contributed by atoms with Crippen molar-refractivity contribution in [2.75, 3.05) is 18.4 Å². The fourth-order valence-corrected chi connectivity index (χ4v) is 3.78. The third kappa shape index (κ3) is 4.62. The molecule has 6 nitrogen and oxygen atoms in total. The van der Waals surface area contributed by atoms with Gasteiger partial charge in [-0.15, -0.1) is 0 Å². The number of piperidine rings is 1. The summed E-state index contributed by atoms with van der Waals surface area (Å²) in [5, 5.41) is 12.2. The first-order valence-electron chi connectivity index (χ1n) is 10.3. The predicted molar refractivity (Wildman–Crippen MR) is 118 cm³/mol. The van der Waals surface area contributed by atoms with Gasteiger partial charge in [0.2, 0.25) is 5.91 Å². The Bertz CT molecular complexity index is 1110. The Morgan fingerprint density at radius 3 is 2.35 bits per heavy atom. The van der Waals surface area contributed by atoms with Crippen LogP contribution in [-0.4, -0.2) is 34.8 Å². The van der Waals surface area contributed by atoms with Crippen molar-refractivity contribution in [1.82, 2.24) is 9.88 Å². The van der Waals surface area contributed by atoms with Gasteiger partial charge >= 0.3 is 0 Å². The molecule has 0 aliphatic carbocycles. The molecule has 0 spiro atoms. The Labute approximate surface area is 181 Å². The van der Waals surface area contributed by atoms with E-state index in [1.165, 1.54) is 0 Å². The highest BCUT2D eigenvalue weighted by molar-refractivity contribution is 5.97. The van der Waals surface area contributed by atoms with E-state index in [2.05, 4.69) is 16.4 Å². The minimum atomic E-state index is -0.152. The maximum Gasteiger partial charge on any atom is 0.255 e. The van der Waals surface area contributed by atoms with Crippen LogP contribution in [0.15, 0.2) is 72.9 Å². The van der Waals surface area contributed by atoms with Gasteiger partial charge in [-0.3, -0.25) is 14.6 Å². The summed E-state index contributed by atoms with van der Waals surface area (Å²) in [6.07, 6.45) is 2.94. The second-order valence-corrected chi connectivity index (χ2v) is 7.51. The van der Waals surface area contributed by atoms with Gasteiger partial charge in [0, 0.05) is 36.5 Å². The number of hydrogen-bond donors (Lipinski definition) is 1. The number of benzene rings is 2. The Balaban J connectivity index is 1.33. The Hall–Kier alpha value is -3.98. The molecule has 1 saturated heterocycles. The molecule has 2 heterocycles. The fraction of sp³-hybridized carbons (Fsp3) is 0.200. The second-order valence-electron chi connectivity index (χ2n) is 7.51. The molecule has 4 rings (SSSR count). The van der Waals surface area contributed by atoms with Crippen molar-refractivity contribution in [2.45, 2.75) is 12.8 Å². The van der Waals surface area contributed by atoms with Crippen molar-refractivity contribution >= 4 is 17.5 Å². The van der Waals surface area contributed by atoms with Gasteiger partial charge in [-0.25, -0.2) is 0 Å². The van der Waals surface area contributed by atoms with Crippen LogP contribution in [0.2, 0.25) is 0 Å². The summed E-state index contributed by atoms with van der Waals surface area (Å²) in [7, 11) is 0. The van der Waals surface area contributed by atoms with E-state index in [-0.39, 0.29) is 17.7 Å². The number of amides is 2. The molecule has 1 fully saturated rings. The van der Waals surface area contributed by atoms with Crippen molar-refractivity contribution in [2.24, 2.45) is 5.92 Å². The number of carbonyl (C=O) groups excluding carboxylic acids is 2. The number of aromatic nitrogens is 1. The van der Waals surface area contributed by atoms with Crippen molar-refractivity contribution < 1.29 is 9.59 Å². The molecule has 31 heavy (non-hydrogen) atoms. The fourth-order valence-electron chi connectivity index (χ4n) is 3.78. The van der Waals surface area contributed by atoms with Crippen LogP contribution >= 0.6 is 0 Å². The van der Waals surface area contributed by atoms with Gasteiger partial charge in [-0.05, 0) is 49.2 Å². The van der Waals surface area contributed by atoms with E-state index in [0.717, 1.165) is 16.9 Å². The lowest BCUT2D eigenvalue weighted by Gasteiger charge is -2.31. The third-order valence-electron chi connectivity index (χ3n) is 5.54. The van der Waals surface area contributed by atoms with E-state index in [9.17, 15) is 14.9 Å². The van der Waals surface area contributed by atoms with Crippen molar-refractivity contribution in [3.8, 4) is 17.3 Å². The monoisotopic (exact) mass is 410 g/mol. The van der Waals surface area contributed by atoms with Crippen LogP contribution in [0.1, 0.15) is 28.8 Å². The van der Waals surface area contributed by atoms with Gasteiger partial charge in [-0.2, -0.15) is 5.26 Å². The molecule has 1 aromatic heterocycles. The molecule has 0 atom stereocenters. The summed E-state index contributed by atoms with van der Waals surface area (Å²) in [5.74, 6) is -0.332. The van der Waals surface area contributed by atoms with Gasteiger partial charge in [-0.1, -0.05) is 30.3 Å². The van der Waals surface area contributed by atoms with E-state index in [1.807, 2.05) is 42.5 Å². The van der Waals surface area contributed by atoms with E-state index in [0.29, 0.717) is 37.1 Å². The summed E-state index contributed by atoms with van der Waals surface area (Å²) >= 11 is 0. The summed E-state index contributed by atoms with van der Waals surface area (Å²) in [6.45, 7) is 0.991. The third-order valence-corrected chi connectivity index (χ3v) is 5.54. The zero-order valence-electron chi connectivity index (χ0n) is 17.0. The Kier molecular flexibility index (Phi) is 6.04. The van der Waals surface area contributed by atoms with Crippen molar-refractivity contribution in [3.05, 3.63) is 84.1 Å². The van der Waals surface area contributed by atoms with Crippen LogP contribution in [0.5, 0.6) is 0 Å². The summed E-state index contributed by atoms with van der Waals surface area (Å²) in [5.41, 5.74) is 3.41. The highest BCUT2D eigenvalue weighted by atomic mass is 16.2. The summed E-state index contributed by atoms with van der Waals surface area (Å²) < 4.78 is 0. The maximum absolute atomic E-state index is 12.8. The molecule has 0 radical (unpaired) electrons. The van der Waals surface area contributed by atoms with Crippen LogP contribution in [-0.2, 0) is 4.79 Å². The lowest BCUT2D eigenvalue weighted by molar-refractivity contribution is -0.121. The van der Waals surface area contributed by atoms with Gasteiger partial charge in [0.25, 0.3) is 5.91 Å². The first kappa shape index (κ1) is 20.3. The van der Waals surface area contributed by atoms with E-state index >= 15 is 0 Å². The normalized spacial score (nSPS) is 14.0. The molecule has 2 aromatic carbocycles. The number of nitriles is 1. The van der Waals surface area contributed by atoms with Crippen LogP contribution in [0.4, 0.5) is 5.69 Å². The second kappa shape index (κ2) is 9.23. The number of carbonyl (C=O) groups is 2. The number of pyridine rings is 1. The molecule has 1 N–H and O–H groups in total. The summed E-state index contributed by atoms with van der Waals surface area (Å²) in [6, 6.07) is 22.3. The van der Waals surface area contributed by atoms with Gasteiger partial charge in [0.1, 0.15) is 0 Å². The van der Waals surface area contributed by atoms with Crippen LogP contribution in [0, 0.1) is 17.2 Å². The van der Waals surface area contributed by atoms with Crippen molar-refractivity contribution in [3.63, 3.8) is 0 Å². The number of nitrogens with one attached hydrogen (secondary N) is 1. The quantitative estimate of drug-likeness (QED) is 0.701. The highest BCUT2D eigenvalue weighted by Crippen LogP contribution is 2.23. The first-order valence-corrected chi connectivity index (χ1v) is 10.3. The Morgan fingerprint density at radius 2 is 1.68 bits per heavy atom. The predicted octanol–water partition coefficient (Wildman–Crippen LogP) is 4.11. The lowest BCUT2D eigenvalue weighted by atomic mass is 9.95. The summed E-state index contributed by atoms with van der Waals surface area (Å²) in [4.78, 5) is 31.5. The largest absolute Gasteiger partial charge is 0.339 e. The average Bonchev–Trinajstić information content (AvgIpc) is 2.84. The topological polar surface area (TPSA) is 86.1 Å². The zero-order chi connectivity index (χ0) is 21.6. The lowest BCUT2D eigenvalue weighted by Crippen LogP contribution is -2.41. The zero-order valence-corrected chi connectivity index (χ0v) is 17.0. The number of hydrogen-bond acceptors (Lipinski definition) is 4. The highest BCUT2D eigenvalue weighted by Gasteiger charge is 2.28. The maximum atomic E-state index is 12.8. The average molecular weight is 410 g/mol. The van der Waals surface area contributed by atoms with Gasteiger partial charge < -0.3 is 10.2 Å². The molecule has 2 amide bonds. The van der Waals surface area contributed by atoms with Crippen LogP contribution in [0.25, 0.3) is 11.3 Å². The minimum Gasteiger partial charge on any atom is -0.339 e. The molecule has 3 aromatic rings. The molecule has 6 heteroatoms. The number of nitrogens with zero attached hydrogens (tertiary/aromatic N) is 3. The van der Waals surface area contributed by atoms with Crippen LogP contribution in [0.3, 0.4) is 0 Å².